The number of hydrogen-bond donors (Lipinski definition) is 0. The van der Waals surface area contributed by atoms with E-state index in [4.69, 9.17) is 9.47 Å². The molecule has 0 aromatic heterocycles. The molecule has 0 saturated heterocycles. The minimum absolute atomic E-state index is 0.666. The highest BCUT2D eigenvalue weighted by Gasteiger charge is 2.06. The summed E-state index contributed by atoms with van der Waals surface area (Å²) in [4.78, 5) is 4.89. The summed E-state index contributed by atoms with van der Waals surface area (Å²) < 4.78 is 12.1. The van der Waals surface area contributed by atoms with E-state index in [2.05, 4.69) is 86.0 Å². The molecule has 0 bridgehead atoms. The lowest BCUT2D eigenvalue weighted by Gasteiger charge is -2.22. The van der Waals surface area contributed by atoms with Gasteiger partial charge in [0, 0.05) is 26.2 Å². The van der Waals surface area contributed by atoms with Crippen LogP contribution in [0.2, 0.25) is 0 Å². The van der Waals surface area contributed by atoms with Crippen molar-refractivity contribution in [1.29, 1.82) is 0 Å². The fourth-order valence-electron chi connectivity index (χ4n) is 4.18. The number of hydrogen-bond acceptors (Lipinski definition) is 4. The van der Waals surface area contributed by atoms with Gasteiger partial charge in [-0.15, -0.1) is 0 Å². The predicted molar refractivity (Wildman–Crippen MR) is 154 cm³/mol. The minimum atomic E-state index is 0.666. The minimum Gasteiger partial charge on any atom is -0.361 e. The smallest absolute Gasteiger partial charge is 0.0994 e. The van der Waals surface area contributed by atoms with E-state index in [1.807, 2.05) is 0 Å². The molecule has 202 valence electrons. The van der Waals surface area contributed by atoms with Crippen molar-refractivity contribution in [1.82, 2.24) is 9.80 Å². The van der Waals surface area contributed by atoms with Crippen molar-refractivity contribution in [3.05, 3.63) is 59.7 Å². The lowest BCUT2D eigenvalue weighted by atomic mass is 10.0. The summed E-state index contributed by atoms with van der Waals surface area (Å²) >= 11 is 0. The topological polar surface area (TPSA) is 24.9 Å². The zero-order valence-electron chi connectivity index (χ0n) is 23.6. The molecule has 4 nitrogen and oxygen atoms in total. The normalized spacial score (nSPS) is 11.6. The van der Waals surface area contributed by atoms with Crippen molar-refractivity contribution in [2.24, 2.45) is 0 Å². The van der Waals surface area contributed by atoms with Crippen LogP contribution in [0.3, 0.4) is 0 Å². The Labute approximate surface area is 222 Å². The van der Waals surface area contributed by atoms with Gasteiger partial charge in [0.15, 0.2) is 0 Å². The van der Waals surface area contributed by atoms with E-state index in [0.29, 0.717) is 13.2 Å². The van der Waals surface area contributed by atoms with Crippen LogP contribution in [0.1, 0.15) is 90.2 Å². The molecule has 36 heavy (non-hydrogen) atoms. The van der Waals surface area contributed by atoms with Gasteiger partial charge in [0.2, 0.25) is 0 Å². The van der Waals surface area contributed by atoms with Crippen LogP contribution in [-0.4, -0.2) is 49.4 Å². The van der Waals surface area contributed by atoms with E-state index < -0.39 is 0 Å². The third-order valence-electron chi connectivity index (χ3n) is 6.64. The van der Waals surface area contributed by atoms with E-state index in [0.717, 1.165) is 39.6 Å². The Kier molecular flexibility index (Phi) is 16.4. The molecule has 2 aromatic rings. The molecule has 0 aliphatic rings. The van der Waals surface area contributed by atoms with Gasteiger partial charge in [-0.25, -0.2) is 0 Å². The van der Waals surface area contributed by atoms with Crippen LogP contribution < -0.4 is 0 Å². The van der Waals surface area contributed by atoms with Crippen LogP contribution in [0.25, 0.3) is 11.1 Å². The van der Waals surface area contributed by atoms with Crippen LogP contribution in [0.5, 0.6) is 0 Å². The van der Waals surface area contributed by atoms with Gasteiger partial charge in [-0.1, -0.05) is 102 Å². The number of benzene rings is 2. The Morgan fingerprint density at radius 1 is 0.472 bits per heavy atom. The molecule has 0 saturated carbocycles. The fraction of sp³-hybridized carbons (Fsp3) is 0.625. The van der Waals surface area contributed by atoms with Gasteiger partial charge in [-0.05, 0) is 47.9 Å². The number of ether oxygens (including phenoxy) is 2. The van der Waals surface area contributed by atoms with Gasteiger partial charge < -0.3 is 9.47 Å². The molecule has 2 aromatic carbocycles. The number of nitrogens with zero attached hydrogens (tertiary/aromatic N) is 2. The molecule has 0 heterocycles. The van der Waals surface area contributed by atoms with Gasteiger partial charge in [-0.2, -0.15) is 0 Å². The van der Waals surface area contributed by atoms with E-state index in [-0.39, 0.29) is 0 Å². The maximum Gasteiger partial charge on any atom is 0.0994 e. The molecule has 0 N–H and O–H groups in total. The Hall–Kier alpha value is -1.72. The summed E-state index contributed by atoms with van der Waals surface area (Å²) in [6.45, 7) is 16.3. The monoisotopic (exact) mass is 496 g/mol. The highest BCUT2D eigenvalue weighted by Crippen LogP contribution is 2.21. The Bertz CT molecular complexity index is 692. The molecular weight excluding hydrogens is 444 g/mol. The van der Waals surface area contributed by atoms with Gasteiger partial charge in [0.05, 0.1) is 26.7 Å². The highest BCUT2D eigenvalue weighted by atomic mass is 16.5. The summed E-state index contributed by atoms with van der Waals surface area (Å²) in [7, 11) is 0. The summed E-state index contributed by atoms with van der Waals surface area (Å²) in [5, 5.41) is 0. The molecule has 0 aliphatic carbocycles. The van der Waals surface area contributed by atoms with E-state index in [1.54, 1.807) is 0 Å². The maximum absolute atomic E-state index is 6.04. The van der Waals surface area contributed by atoms with Gasteiger partial charge in [0.1, 0.15) is 0 Å². The third-order valence-corrected chi connectivity index (χ3v) is 6.64. The van der Waals surface area contributed by atoms with Crippen molar-refractivity contribution in [2.75, 3.05) is 39.6 Å². The Morgan fingerprint density at radius 3 is 1.06 bits per heavy atom. The first-order valence-electron chi connectivity index (χ1n) is 14.5. The zero-order chi connectivity index (χ0) is 25.8. The van der Waals surface area contributed by atoms with Crippen LogP contribution in [0.15, 0.2) is 48.5 Å². The largest absolute Gasteiger partial charge is 0.361 e. The predicted octanol–water partition coefficient (Wildman–Crippen LogP) is 8.11. The molecule has 0 aliphatic heterocycles. The average Bonchev–Trinajstić information content (AvgIpc) is 2.92. The van der Waals surface area contributed by atoms with Crippen LogP contribution in [0.4, 0.5) is 0 Å². The summed E-state index contributed by atoms with van der Waals surface area (Å²) in [6.07, 6.45) is 9.88. The van der Waals surface area contributed by atoms with Crippen molar-refractivity contribution < 1.29 is 9.47 Å². The zero-order valence-corrected chi connectivity index (χ0v) is 23.6. The standard InChI is InChI=1S/C32H52N2O2/c1-5-9-21-33(22-10-6-2)27-35-25-29-13-17-31(18-14-29)32-19-15-30(16-20-32)26-36-28-34(23-11-7-3)24-12-8-4/h13-20H,5-12,21-28H2,1-4H3. The quantitative estimate of drug-likeness (QED) is 0.163. The fourth-order valence-corrected chi connectivity index (χ4v) is 4.18. The molecule has 0 spiro atoms. The first-order valence-corrected chi connectivity index (χ1v) is 14.5. The second-order valence-electron chi connectivity index (χ2n) is 10.00. The van der Waals surface area contributed by atoms with Crippen molar-refractivity contribution in [3.63, 3.8) is 0 Å². The summed E-state index contributed by atoms with van der Waals surface area (Å²) in [5.74, 6) is 0. The van der Waals surface area contributed by atoms with E-state index in [1.165, 1.54) is 73.6 Å². The summed E-state index contributed by atoms with van der Waals surface area (Å²) in [5.41, 5.74) is 4.93. The van der Waals surface area contributed by atoms with Crippen LogP contribution in [0, 0.1) is 0 Å². The molecule has 4 heteroatoms. The molecule has 0 fully saturated rings. The number of rotatable bonds is 21. The number of unbranched alkanes of at least 4 members (excludes halogenated alkanes) is 4. The Morgan fingerprint density at radius 2 is 0.778 bits per heavy atom. The molecule has 0 unspecified atom stereocenters. The molecule has 0 atom stereocenters. The molecule has 0 radical (unpaired) electrons. The lowest BCUT2D eigenvalue weighted by Crippen LogP contribution is -2.28. The first-order chi connectivity index (χ1) is 17.7. The lowest BCUT2D eigenvalue weighted by molar-refractivity contribution is 0.0172. The molecule has 2 rings (SSSR count). The van der Waals surface area contributed by atoms with Crippen molar-refractivity contribution in [2.45, 2.75) is 92.3 Å². The van der Waals surface area contributed by atoms with E-state index >= 15 is 0 Å². The maximum atomic E-state index is 6.04. The van der Waals surface area contributed by atoms with Gasteiger partial charge >= 0.3 is 0 Å². The second kappa shape index (κ2) is 19.4. The van der Waals surface area contributed by atoms with Gasteiger partial charge in [-0.3, -0.25) is 9.80 Å². The highest BCUT2D eigenvalue weighted by molar-refractivity contribution is 5.63. The van der Waals surface area contributed by atoms with Crippen molar-refractivity contribution in [3.8, 4) is 11.1 Å². The Balaban J connectivity index is 1.78. The van der Waals surface area contributed by atoms with E-state index in [9.17, 15) is 0 Å². The van der Waals surface area contributed by atoms with Gasteiger partial charge in [0.25, 0.3) is 0 Å². The first kappa shape index (κ1) is 30.5. The molecular formula is C32H52N2O2. The SMILES string of the molecule is CCCCN(CCCC)COCc1ccc(-c2ccc(COCN(CCCC)CCCC)cc2)cc1. The van der Waals surface area contributed by atoms with Crippen LogP contribution in [-0.2, 0) is 22.7 Å². The van der Waals surface area contributed by atoms with Crippen LogP contribution >= 0.6 is 0 Å². The second-order valence-corrected chi connectivity index (χ2v) is 10.00. The molecule has 0 amide bonds. The van der Waals surface area contributed by atoms with Crippen molar-refractivity contribution >= 4 is 0 Å². The third kappa shape index (κ3) is 12.5. The summed E-state index contributed by atoms with van der Waals surface area (Å²) in [6, 6.07) is 17.6. The average molecular weight is 497 g/mol.